The molecule has 0 spiro atoms. The van der Waals surface area contributed by atoms with Crippen molar-refractivity contribution in [3.8, 4) is 5.69 Å². The van der Waals surface area contributed by atoms with Crippen LogP contribution in [0.5, 0.6) is 0 Å². The van der Waals surface area contributed by atoms with E-state index in [4.69, 9.17) is 5.73 Å². The number of hydrogen-bond donors (Lipinski definition) is 2. The minimum atomic E-state index is -0.185. The van der Waals surface area contributed by atoms with E-state index in [9.17, 15) is 4.79 Å². The van der Waals surface area contributed by atoms with Crippen LogP contribution in [0.3, 0.4) is 0 Å². The van der Waals surface area contributed by atoms with Crippen LogP contribution in [0.25, 0.3) is 27.6 Å². The van der Waals surface area contributed by atoms with Crippen LogP contribution in [-0.2, 0) is 0 Å². The molecule has 7 nitrogen and oxygen atoms in total. The molecule has 7 heteroatoms. The lowest BCUT2D eigenvalue weighted by molar-refractivity contribution is 0.103. The van der Waals surface area contributed by atoms with E-state index >= 15 is 0 Å². The van der Waals surface area contributed by atoms with Gasteiger partial charge in [0.2, 0.25) is 0 Å². The summed E-state index contributed by atoms with van der Waals surface area (Å²) >= 11 is 0. The molecule has 0 aliphatic carbocycles. The lowest BCUT2D eigenvalue weighted by Crippen LogP contribution is -2.07. The highest BCUT2D eigenvalue weighted by Gasteiger charge is 2.18. The third kappa shape index (κ3) is 2.52. The number of carbonyl (C=O) groups excluding carboxylic acids is 1. The summed E-state index contributed by atoms with van der Waals surface area (Å²) in [5.74, 6) is 0.942. The molecule has 136 valence electrons. The first-order valence-electron chi connectivity index (χ1n) is 8.80. The van der Waals surface area contributed by atoms with Crippen LogP contribution in [-0.4, -0.2) is 30.5 Å². The van der Waals surface area contributed by atoms with Crippen molar-refractivity contribution in [1.29, 1.82) is 0 Å². The molecule has 2 aromatic carbocycles. The highest BCUT2D eigenvalue weighted by atomic mass is 16.1. The quantitative estimate of drug-likeness (QED) is 0.475. The summed E-state index contributed by atoms with van der Waals surface area (Å²) in [6.45, 7) is 1.90. The van der Waals surface area contributed by atoms with Gasteiger partial charge in [0.25, 0.3) is 0 Å². The second-order valence-electron chi connectivity index (χ2n) is 6.62. The van der Waals surface area contributed by atoms with Gasteiger partial charge in [-0.2, -0.15) is 5.10 Å². The molecule has 3 heterocycles. The maximum Gasteiger partial charge on any atom is 0.198 e. The van der Waals surface area contributed by atoms with E-state index in [0.717, 1.165) is 33.4 Å². The average Bonchev–Trinajstić information content (AvgIpc) is 3.27. The largest absolute Gasteiger partial charge is 0.383 e. The number of carbonyl (C=O) groups is 1. The highest BCUT2D eigenvalue weighted by molar-refractivity contribution is 6.12. The zero-order chi connectivity index (χ0) is 19.3. The number of nitrogen functional groups attached to an aromatic ring is 1. The Hall–Kier alpha value is -4.00. The van der Waals surface area contributed by atoms with E-state index in [1.165, 1.54) is 6.20 Å². The van der Waals surface area contributed by atoms with Gasteiger partial charge in [-0.15, -0.1) is 0 Å². The molecule has 0 fully saturated rings. The fourth-order valence-corrected chi connectivity index (χ4v) is 3.36. The third-order valence-corrected chi connectivity index (χ3v) is 4.75. The van der Waals surface area contributed by atoms with Crippen LogP contribution in [0.2, 0.25) is 0 Å². The van der Waals surface area contributed by atoms with Crippen molar-refractivity contribution in [3.63, 3.8) is 0 Å². The van der Waals surface area contributed by atoms with Gasteiger partial charge in [0, 0.05) is 17.1 Å². The summed E-state index contributed by atoms with van der Waals surface area (Å²) in [7, 11) is 0. The molecule has 0 saturated heterocycles. The summed E-state index contributed by atoms with van der Waals surface area (Å²) < 4.78 is 1.56. The van der Waals surface area contributed by atoms with Crippen molar-refractivity contribution < 1.29 is 4.79 Å². The van der Waals surface area contributed by atoms with E-state index < -0.39 is 0 Å². The minimum Gasteiger partial charge on any atom is -0.383 e. The van der Waals surface area contributed by atoms with E-state index in [1.54, 1.807) is 23.0 Å². The number of aromatic nitrogens is 5. The number of ketones is 1. The molecule has 5 rings (SSSR count). The Morgan fingerprint density at radius 3 is 2.89 bits per heavy atom. The Bertz CT molecular complexity index is 1360. The summed E-state index contributed by atoms with van der Waals surface area (Å²) in [4.78, 5) is 24.9. The van der Waals surface area contributed by atoms with Crippen molar-refractivity contribution in [3.05, 3.63) is 77.9 Å². The van der Waals surface area contributed by atoms with Crippen LogP contribution < -0.4 is 5.73 Å². The maximum atomic E-state index is 13.0. The van der Waals surface area contributed by atoms with E-state index in [-0.39, 0.29) is 5.78 Å². The van der Waals surface area contributed by atoms with Gasteiger partial charge in [-0.1, -0.05) is 18.2 Å². The summed E-state index contributed by atoms with van der Waals surface area (Å²) in [6.07, 6.45) is 3.21. The topological polar surface area (TPSA) is 102 Å². The predicted octanol–water partition coefficient (Wildman–Crippen LogP) is 3.42. The monoisotopic (exact) mass is 368 g/mol. The molecular formula is C21H16N6O. The summed E-state index contributed by atoms with van der Waals surface area (Å²) in [6, 6.07) is 14.9. The second-order valence-corrected chi connectivity index (χ2v) is 6.62. The number of pyridine rings is 1. The van der Waals surface area contributed by atoms with Crippen molar-refractivity contribution in [1.82, 2.24) is 24.7 Å². The van der Waals surface area contributed by atoms with Gasteiger partial charge in [-0.3, -0.25) is 9.78 Å². The van der Waals surface area contributed by atoms with Crippen molar-refractivity contribution in [2.45, 2.75) is 6.92 Å². The van der Waals surface area contributed by atoms with Crippen LogP contribution in [0.1, 0.15) is 21.7 Å². The molecule has 0 aliphatic heterocycles. The standard InChI is InChI=1S/C21H16N6O/c1-12-25-17-7-6-15(10-19(17)26-12)27-21(22)16(11-24-27)20(28)14-5-4-13-3-2-8-23-18(13)9-14/h2-11H,22H2,1H3,(H,25,26). The first-order valence-corrected chi connectivity index (χ1v) is 8.80. The zero-order valence-electron chi connectivity index (χ0n) is 15.0. The number of benzene rings is 2. The molecule has 0 aliphatic rings. The number of aromatic amines is 1. The fourth-order valence-electron chi connectivity index (χ4n) is 3.36. The fraction of sp³-hybridized carbons (Fsp3) is 0.0476. The third-order valence-electron chi connectivity index (χ3n) is 4.75. The number of nitrogens with two attached hydrogens (primary N) is 1. The number of imidazole rings is 1. The van der Waals surface area contributed by atoms with Gasteiger partial charge in [0.15, 0.2) is 5.78 Å². The van der Waals surface area contributed by atoms with Gasteiger partial charge < -0.3 is 10.7 Å². The van der Waals surface area contributed by atoms with E-state index in [2.05, 4.69) is 20.1 Å². The Morgan fingerprint density at radius 1 is 1.11 bits per heavy atom. The maximum absolute atomic E-state index is 13.0. The van der Waals surface area contributed by atoms with Crippen LogP contribution in [0.4, 0.5) is 5.82 Å². The molecule has 0 amide bonds. The number of fused-ring (bicyclic) bond motifs is 2. The molecule has 0 radical (unpaired) electrons. The molecule has 0 unspecified atom stereocenters. The first-order chi connectivity index (χ1) is 13.6. The number of H-pyrrole nitrogens is 1. The Labute approximate surface area is 159 Å². The summed E-state index contributed by atoms with van der Waals surface area (Å²) in [5.41, 5.74) is 10.4. The van der Waals surface area contributed by atoms with Gasteiger partial charge in [0.1, 0.15) is 11.6 Å². The molecule has 0 bridgehead atoms. The lowest BCUT2D eigenvalue weighted by Gasteiger charge is -2.06. The number of aryl methyl sites for hydroxylation is 1. The van der Waals surface area contributed by atoms with Crippen LogP contribution >= 0.6 is 0 Å². The van der Waals surface area contributed by atoms with Gasteiger partial charge in [-0.25, -0.2) is 9.67 Å². The number of anilines is 1. The van der Waals surface area contributed by atoms with Gasteiger partial charge in [0.05, 0.1) is 34.0 Å². The zero-order valence-corrected chi connectivity index (χ0v) is 15.0. The van der Waals surface area contributed by atoms with Gasteiger partial charge >= 0.3 is 0 Å². The number of nitrogens with one attached hydrogen (secondary N) is 1. The van der Waals surface area contributed by atoms with E-state index in [1.807, 2.05) is 43.3 Å². The molecule has 5 aromatic rings. The van der Waals surface area contributed by atoms with Gasteiger partial charge in [-0.05, 0) is 37.3 Å². The van der Waals surface area contributed by atoms with Crippen molar-refractivity contribution >= 4 is 33.5 Å². The Morgan fingerprint density at radius 2 is 2.00 bits per heavy atom. The normalized spacial score (nSPS) is 11.3. The molecule has 3 aromatic heterocycles. The number of rotatable bonds is 3. The average molecular weight is 368 g/mol. The van der Waals surface area contributed by atoms with Crippen molar-refractivity contribution in [2.75, 3.05) is 5.73 Å². The molecule has 28 heavy (non-hydrogen) atoms. The van der Waals surface area contributed by atoms with Crippen LogP contribution in [0.15, 0.2) is 60.9 Å². The molecular weight excluding hydrogens is 352 g/mol. The van der Waals surface area contributed by atoms with Crippen molar-refractivity contribution in [2.24, 2.45) is 0 Å². The lowest BCUT2D eigenvalue weighted by atomic mass is 10.0. The summed E-state index contributed by atoms with van der Waals surface area (Å²) in [5, 5.41) is 5.31. The second kappa shape index (κ2) is 6.02. The Balaban J connectivity index is 1.55. The molecule has 0 atom stereocenters. The number of hydrogen-bond acceptors (Lipinski definition) is 5. The Kier molecular flexibility index (Phi) is 3.48. The SMILES string of the molecule is Cc1nc2ccc(-n3ncc(C(=O)c4ccc5cccnc5c4)c3N)cc2[nH]1. The molecule has 0 saturated carbocycles. The smallest absolute Gasteiger partial charge is 0.198 e. The highest BCUT2D eigenvalue weighted by Crippen LogP contribution is 2.24. The predicted molar refractivity (Wildman–Crippen MR) is 108 cm³/mol. The van der Waals surface area contributed by atoms with E-state index in [0.29, 0.717) is 16.9 Å². The van der Waals surface area contributed by atoms with Crippen LogP contribution in [0, 0.1) is 6.92 Å². The first kappa shape index (κ1) is 16.2. The number of nitrogens with zero attached hydrogens (tertiary/aromatic N) is 4. The molecule has 3 N–H and O–H groups in total. The minimum absolute atomic E-state index is 0.185.